The highest BCUT2D eigenvalue weighted by molar-refractivity contribution is 5.78. The molecule has 0 aromatic heterocycles. The summed E-state index contributed by atoms with van der Waals surface area (Å²) in [6.45, 7) is 2.37. The van der Waals surface area contributed by atoms with Crippen molar-refractivity contribution in [1.29, 1.82) is 0 Å². The van der Waals surface area contributed by atoms with Crippen LogP contribution in [-0.4, -0.2) is 25.5 Å². The fourth-order valence-corrected chi connectivity index (χ4v) is 2.68. The summed E-state index contributed by atoms with van der Waals surface area (Å²) in [6, 6.07) is 8.74. The van der Waals surface area contributed by atoms with Crippen molar-refractivity contribution in [1.82, 2.24) is 0 Å². The van der Waals surface area contributed by atoms with Crippen LogP contribution in [0, 0.1) is 0 Å². The molecule has 3 rings (SSSR count). The van der Waals surface area contributed by atoms with Crippen molar-refractivity contribution in [2.75, 3.05) is 18.0 Å². The molecule has 0 saturated carbocycles. The van der Waals surface area contributed by atoms with Crippen LogP contribution in [0.1, 0.15) is 24.8 Å². The lowest BCUT2D eigenvalue weighted by Gasteiger charge is -2.19. The summed E-state index contributed by atoms with van der Waals surface area (Å²) in [5.74, 6) is 0. The lowest BCUT2D eigenvalue weighted by molar-refractivity contribution is 0.885. The highest BCUT2D eigenvalue weighted by Gasteiger charge is 2.14. The molecule has 1 aromatic carbocycles. The van der Waals surface area contributed by atoms with Gasteiger partial charge in [-0.2, -0.15) is 0 Å². The Morgan fingerprint density at radius 2 is 1.83 bits per heavy atom. The Balaban J connectivity index is 1.80. The lowest BCUT2D eigenvalue weighted by atomic mass is 10.0. The minimum atomic E-state index is -0.198. The van der Waals surface area contributed by atoms with Crippen molar-refractivity contribution in [2.45, 2.75) is 25.4 Å². The number of benzene rings is 1. The number of allylic oxidation sites excluding steroid dienone is 1. The summed E-state index contributed by atoms with van der Waals surface area (Å²) < 4.78 is 0. The minimum Gasteiger partial charge on any atom is -0.372 e. The van der Waals surface area contributed by atoms with E-state index in [2.05, 4.69) is 40.2 Å². The maximum absolute atomic E-state index is 5.99. The van der Waals surface area contributed by atoms with Crippen LogP contribution in [0.25, 0.3) is 5.57 Å². The van der Waals surface area contributed by atoms with Crippen molar-refractivity contribution in [3.05, 3.63) is 35.9 Å². The van der Waals surface area contributed by atoms with E-state index in [4.69, 9.17) is 5.73 Å². The van der Waals surface area contributed by atoms with E-state index in [-0.39, 0.29) is 6.17 Å². The van der Waals surface area contributed by atoms with Gasteiger partial charge >= 0.3 is 0 Å². The largest absolute Gasteiger partial charge is 0.372 e. The van der Waals surface area contributed by atoms with Crippen LogP contribution in [-0.2, 0) is 0 Å². The van der Waals surface area contributed by atoms with Crippen LogP contribution in [0.4, 0.5) is 5.69 Å². The molecule has 2 aliphatic heterocycles. The first-order valence-corrected chi connectivity index (χ1v) is 6.67. The van der Waals surface area contributed by atoms with Crippen molar-refractivity contribution < 1.29 is 0 Å². The van der Waals surface area contributed by atoms with Gasteiger partial charge in [-0.25, -0.2) is 0 Å². The van der Waals surface area contributed by atoms with Gasteiger partial charge in [-0.3, -0.25) is 4.99 Å². The summed E-state index contributed by atoms with van der Waals surface area (Å²) in [6.07, 6.45) is 7.36. The van der Waals surface area contributed by atoms with Gasteiger partial charge in [0.25, 0.3) is 0 Å². The second-order valence-corrected chi connectivity index (χ2v) is 4.91. The average Bonchev–Trinajstić information content (AvgIpc) is 2.94. The molecule has 0 spiro atoms. The van der Waals surface area contributed by atoms with E-state index in [1.165, 1.54) is 37.2 Å². The van der Waals surface area contributed by atoms with Crippen LogP contribution in [0.2, 0.25) is 0 Å². The van der Waals surface area contributed by atoms with Gasteiger partial charge in [-0.05, 0) is 36.1 Å². The van der Waals surface area contributed by atoms with Gasteiger partial charge in [-0.15, -0.1) is 0 Å². The van der Waals surface area contributed by atoms with Crippen LogP contribution in [0.5, 0.6) is 0 Å². The van der Waals surface area contributed by atoms with E-state index in [9.17, 15) is 0 Å². The maximum Gasteiger partial charge on any atom is 0.122 e. The van der Waals surface area contributed by atoms with Crippen LogP contribution >= 0.6 is 0 Å². The van der Waals surface area contributed by atoms with Crippen LogP contribution in [0.3, 0.4) is 0 Å². The van der Waals surface area contributed by atoms with E-state index in [1.807, 2.05) is 6.21 Å². The lowest BCUT2D eigenvalue weighted by Crippen LogP contribution is -2.21. The Morgan fingerprint density at radius 3 is 2.50 bits per heavy atom. The molecule has 1 atom stereocenters. The number of aliphatic imine (C=N–C) groups is 1. The highest BCUT2D eigenvalue weighted by atomic mass is 15.1. The monoisotopic (exact) mass is 241 g/mol. The zero-order valence-corrected chi connectivity index (χ0v) is 10.5. The van der Waals surface area contributed by atoms with E-state index >= 15 is 0 Å². The summed E-state index contributed by atoms with van der Waals surface area (Å²) in [5.41, 5.74) is 9.66. The fourth-order valence-electron chi connectivity index (χ4n) is 2.68. The number of anilines is 1. The van der Waals surface area contributed by atoms with Crippen LogP contribution in [0.15, 0.2) is 35.3 Å². The first-order valence-electron chi connectivity index (χ1n) is 6.67. The molecule has 0 aliphatic carbocycles. The molecular weight excluding hydrogens is 222 g/mol. The van der Waals surface area contributed by atoms with E-state index in [0.29, 0.717) is 0 Å². The molecule has 0 radical (unpaired) electrons. The Labute approximate surface area is 108 Å². The van der Waals surface area contributed by atoms with Gasteiger partial charge < -0.3 is 10.6 Å². The van der Waals surface area contributed by atoms with Crippen molar-refractivity contribution >= 4 is 17.5 Å². The highest BCUT2D eigenvalue weighted by Crippen LogP contribution is 2.25. The average molecular weight is 241 g/mol. The third-order valence-electron chi connectivity index (χ3n) is 3.70. The Bertz CT molecular complexity index is 467. The van der Waals surface area contributed by atoms with Gasteiger partial charge in [0, 0.05) is 31.4 Å². The quantitative estimate of drug-likeness (QED) is 0.864. The summed E-state index contributed by atoms with van der Waals surface area (Å²) in [5, 5.41) is 0. The molecular formula is C15H19N3. The zero-order chi connectivity index (χ0) is 12.4. The summed E-state index contributed by atoms with van der Waals surface area (Å²) in [7, 11) is 0. The normalized spacial score (nSPS) is 23.3. The molecule has 94 valence electrons. The standard InChI is InChI=1S/C15H19N3/c16-15-14(4-3-9-17-15)12-5-7-13(8-6-12)18-10-1-2-11-18/h4-9,15H,1-3,10-11,16H2. The molecule has 2 N–H and O–H groups in total. The van der Waals surface area contributed by atoms with Gasteiger partial charge in [0.15, 0.2) is 0 Å². The van der Waals surface area contributed by atoms with Crippen molar-refractivity contribution in [3.8, 4) is 0 Å². The topological polar surface area (TPSA) is 41.6 Å². The third kappa shape index (κ3) is 2.18. The Hall–Kier alpha value is -1.61. The van der Waals surface area contributed by atoms with E-state index < -0.39 is 0 Å². The zero-order valence-electron chi connectivity index (χ0n) is 10.5. The van der Waals surface area contributed by atoms with Gasteiger partial charge in [0.2, 0.25) is 0 Å². The molecule has 1 saturated heterocycles. The number of nitrogens with zero attached hydrogens (tertiary/aromatic N) is 2. The first-order chi connectivity index (χ1) is 8.84. The summed E-state index contributed by atoms with van der Waals surface area (Å²) in [4.78, 5) is 6.70. The predicted octanol–water partition coefficient (Wildman–Crippen LogP) is 2.43. The molecule has 0 bridgehead atoms. The molecule has 0 amide bonds. The predicted molar refractivity (Wildman–Crippen MR) is 77.0 cm³/mol. The molecule has 2 aliphatic rings. The summed E-state index contributed by atoms with van der Waals surface area (Å²) >= 11 is 0. The number of hydrogen-bond donors (Lipinski definition) is 1. The van der Waals surface area contributed by atoms with Crippen molar-refractivity contribution in [2.24, 2.45) is 10.7 Å². The molecule has 3 nitrogen and oxygen atoms in total. The number of dihydropyridines is 1. The second-order valence-electron chi connectivity index (χ2n) is 4.91. The molecule has 1 aromatic rings. The van der Waals surface area contributed by atoms with Gasteiger partial charge in [-0.1, -0.05) is 18.2 Å². The first kappa shape index (κ1) is 11.5. The molecule has 2 heterocycles. The molecule has 1 unspecified atom stereocenters. The van der Waals surface area contributed by atoms with Gasteiger partial charge in [0.05, 0.1) is 0 Å². The van der Waals surface area contributed by atoms with Crippen LogP contribution < -0.4 is 10.6 Å². The maximum atomic E-state index is 5.99. The molecule has 1 fully saturated rings. The smallest absolute Gasteiger partial charge is 0.122 e. The van der Waals surface area contributed by atoms with E-state index in [0.717, 1.165) is 12.0 Å². The number of rotatable bonds is 2. The van der Waals surface area contributed by atoms with Crippen molar-refractivity contribution in [3.63, 3.8) is 0 Å². The van der Waals surface area contributed by atoms with Gasteiger partial charge in [0.1, 0.15) is 6.17 Å². The van der Waals surface area contributed by atoms with E-state index in [1.54, 1.807) is 0 Å². The minimum absolute atomic E-state index is 0.198. The fraction of sp³-hybridized carbons (Fsp3) is 0.400. The second kappa shape index (κ2) is 4.94. The molecule has 3 heteroatoms. The Kier molecular flexibility index (Phi) is 3.15. The Morgan fingerprint density at radius 1 is 1.11 bits per heavy atom. The SMILES string of the molecule is NC1N=CCC=C1c1ccc(N2CCCC2)cc1. The molecule has 18 heavy (non-hydrogen) atoms. The number of nitrogens with two attached hydrogens (primary N) is 1. The third-order valence-corrected chi connectivity index (χ3v) is 3.70. The number of hydrogen-bond acceptors (Lipinski definition) is 3.